The number of aromatic nitrogens is 1. The third-order valence-electron chi connectivity index (χ3n) is 10.8. The lowest BCUT2D eigenvalue weighted by Crippen LogP contribution is -2.59. The Kier molecular flexibility index (Phi) is 14.5. The SMILES string of the molecule is CN(C(=O)O)[C@H](C(=O)N[C@H](Cc1ccc(-c2ccccn2)cc1)C[C@H](O)[C@H](Cc1ccccc1)NC(=O)[C@@H](N1CCN(Cc2ccccc2)C1=O)C(C)(C)C)C(C)(C)C. The van der Waals surface area contributed by atoms with Crippen molar-refractivity contribution in [2.45, 2.75) is 97.6 Å². The van der Waals surface area contributed by atoms with Crippen LogP contribution >= 0.6 is 0 Å². The van der Waals surface area contributed by atoms with Crippen LogP contribution < -0.4 is 10.6 Å². The van der Waals surface area contributed by atoms with Gasteiger partial charge in [0.2, 0.25) is 11.8 Å². The van der Waals surface area contributed by atoms with E-state index in [0.29, 0.717) is 26.1 Å². The number of nitrogens with zero attached hydrogens (tertiary/aromatic N) is 4. The molecule has 4 N–H and O–H groups in total. The number of hydrogen-bond donors (Lipinski definition) is 4. The number of urea groups is 1. The molecule has 1 fully saturated rings. The number of rotatable bonds is 16. The molecule has 59 heavy (non-hydrogen) atoms. The maximum atomic E-state index is 14.6. The Morgan fingerprint density at radius 2 is 1.34 bits per heavy atom. The summed E-state index contributed by atoms with van der Waals surface area (Å²) in [6.45, 7) is 12.5. The summed E-state index contributed by atoms with van der Waals surface area (Å²) in [7, 11) is 1.38. The van der Waals surface area contributed by atoms with Crippen LogP contribution in [0.5, 0.6) is 0 Å². The van der Waals surface area contributed by atoms with Gasteiger partial charge in [0.15, 0.2) is 0 Å². The van der Waals surface area contributed by atoms with Crippen molar-refractivity contribution < 1.29 is 29.4 Å². The first-order valence-electron chi connectivity index (χ1n) is 20.3. The van der Waals surface area contributed by atoms with Gasteiger partial charge in [-0.05, 0) is 58.9 Å². The molecule has 1 aromatic heterocycles. The van der Waals surface area contributed by atoms with Crippen LogP contribution in [0.3, 0.4) is 0 Å². The van der Waals surface area contributed by atoms with Crippen LogP contribution in [0.25, 0.3) is 11.3 Å². The Hall–Kier alpha value is -5.75. The van der Waals surface area contributed by atoms with Gasteiger partial charge in [-0.15, -0.1) is 0 Å². The molecule has 12 heteroatoms. The molecule has 1 aliphatic rings. The number of carbonyl (C=O) groups excluding carboxylic acids is 3. The molecule has 0 aliphatic carbocycles. The highest BCUT2D eigenvalue weighted by atomic mass is 16.4. The second-order valence-electron chi connectivity index (χ2n) is 17.7. The fourth-order valence-corrected chi connectivity index (χ4v) is 8.03. The molecule has 5 atom stereocenters. The number of hydrogen-bond acceptors (Lipinski definition) is 6. The first-order valence-corrected chi connectivity index (χ1v) is 20.3. The number of benzene rings is 3. The topological polar surface area (TPSA) is 155 Å². The molecule has 4 aromatic rings. The number of nitrogens with one attached hydrogen (secondary N) is 2. The minimum Gasteiger partial charge on any atom is -0.465 e. The third kappa shape index (κ3) is 11.9. The normalized spacial score (nSPS) is 15.8. The largest absolute Gasteiger partial charge is 0.465 e. The van der Waals surface area contributed by atoms with Gasteiger partial charge in [-0.2, -0.15) is 0 Å². The smallest absolute Gasteiger partial charge is 0.407 e. The van der Waals surface area contributed by atoms with E-state index in [-0.39, 0.29) is 24.8 Å². The van der Waals surface area contributed by atoms with Crippen LogP contribution in [0.2, 0.25) is 0 Å². The number of carbonyl (C=O) groups is 4. The zero-order chi connectivity index (χ0) is 42.9. The minimum atomic E-state index is -1.24. The number of amides is 5. The number of aliphatic hydroxyl groups is 1. The summed E-state index contributed by atoms with van der Waals surface area (Å²) in [5.74, 6) is -0.872. The van der Waals surface area contributed by atoms with E-state index < -0.39 is 53.1 Å². The molecule has 0 bridgehead atoms. The van der Waals surface area contributed by atoms with Crippen molar-refractivity contribution in [1.82, 2.24) is 30.3 Å². The highest BCUT2D eigenvalue weighted by Gasteiger charge is 2.44. The second-order valence-corrected chi connectivity index (χ2v) is 17.7. The molecule has 0 radical (unpaired) electrons. The quantitative estimate of drug-likeness (QED) is 0.0991. The number of likely N-dealkylation sites (N-methyl/N-ethyl adjacent to an activating group) is 1. The number of carboxylic acid groups (broad SMARTS) is 1. The van der Waals surface area contributed by atoms with Gasteiger partial charge in [0.05, 0.1) is 17.8 Å². The van der Waals surface area contributed by atoms with Gasteiger partial charge in [0.1, 0.15) is 12.1 Å². The van der Waals surface area contributed by atoms with E-state index in [4.69, 9.17) is 0 Å². The molecular formula is C47H60N6O6. The molecule has 1 aliphatic heterocycles. The van der Waals surface area contributed by atoms with Crippen LogP contribution in [0.15, 0.2) is 109 Å². The summed E-state index contributed by atoms with van der Waals surface area (Å²) in [5, 5.41) is 28.4. The van der Waals surface area contributed by atoms with Crippen LogP contribution in [0.1, 0.15) is 64.7 Å². The van der Waals surface area contributed by atoms with Crippen LogP contribution in [0.4, 0.5) is 9.59 Å². The van der Waals surface area contributed by atoms with E-state index in [9.17, 15) is 29.4 Å². The maximum Gasteiger partial charge on any atom is 0.407 e. The lowest BCUT2D eigenvalue weighted by Gasteiger charge is -2.38. The molecule has 0 unspecified atom stereocenters. The highest BCUT2D eigenvalue weighted by molar-refractivity contribution is 5.89. The predicted octanol–water partition coefficient (Wildman–Crippen LogP) is 6.63. The summed E-state index contributed by atoms with van der Waals surface area (Å²) >= 11 is 0. The molecule has 5 amide bonds. The molecule has 314 valence electrons. The van der Waals surface area contributed by atoms with Crippen LogP contribution in [-0.4, -0.2) is 104 Å². The van der Waals surface area contributed by atoms with E-state index in [0.717, 1.165) is 32.8 Å². The number of pyridine rings is 1. The van der Waals surface area contributed by atoms with Gasteiger partial charge in [-0.25, -0.2) is 9.59 Å². The lowest BCUT2D eigenvalue weighted by atomic mass is 9.84. The van der Waals surface area contributed by atoms with Crippen LogP contribution in [-0.2, 0) is 29.0 Å². The first kappa shape index (κ1) is 44.4. The molecular weight excluding hydrogens is 745 g/mol. The van der Waals surface area contributed by atoms with Crippen molar-refractivity contribution >= 4 is 23.9 Å². The van der Waals surface area contributed by atoms with Gasteiger partial charge < -0.3 is 30.6 Å². The zero-order valence-corrected chi connectivity index (χ0v) is 35.3. The molecule has 3 aromatic carbocycles. The molecule has 0 saturated carbocycles. The van der Waals surface area contributed by atoms with Crippen molar-refractivity contribution in [3.8, 4) is 11.3 Å². The summed E-state index contributed by atoms with van der Waals surface area (Å²) < 4.78 is 0. The molecule has 0 spiro atoms. The van der Waals surface area contributed by atoms with Crippen molar-refractivity contribution in [2.24, 2.45) is 10.8 Å². The molecule has 5 rings (SSSR count). The Bertz CT molecular complexity index is 2000. The van der Waals surface area contributed by atoms with Crippen molar-refractivity contribution in [3.05, 3.63) is 126 Å². The van der Waals surface area contributed by atoms with Crippen molar-refractivity contribution in [3.63, 3.8) is 0 Å². The van der Waals surface area contributed by atoms with Gasteiger partial charge in [0, 0.05) is 44.5 Å². The molecule has 12 nitrogen and oxygen atoms in total. The van der Waals surface area contributed by atoms with Crippen molar-refractivity contribution in [1.29, 1.82) is 0 Å². The Balaban J connectivity index is 1.43. The van der Waals surface area contributed by atoms with E-state index in [1.54, 1.807) is 36.8 Å². The Morgan fingerprint density at radius 3 is 1.90 bits per heavy atom. The van der Waals surface area contributed by atoms with Gasteiger partial charge in [-0.3, -0.25) is 19.5 Å². The van der Waals surface area contributed by atoms with E-state index >= 15 is 0 Å². The van der Waals surface area contributed by atoms with E-state index in [1.807, 2.05) is 124 Å². The summed E-state index contributed by atoms with van der Waals surface area (Å²) in [5.41, 5.74) is 3.10. The zero-order valence-electron chi connectivity index (χ0n) is 35.3. The summed E-state index contributed by atoms with van der Waals surface area (Å²) in [4.78, 5) is 63.5. The standard InChI is InChI=1S/C47H60N6O6/c1-46(2,3)40(51(7)45(58)59)42(55)49-36(28-33-21-23-35(24-22-33)37-20-14-15-25-48-37)30-39(54)38(29-32-16-10-8-11-17-32)50-43(56)41(47(4,5)6)53-27-26-52(44(53)57)31-34-18-12-9-13-19-34/h8-25,36,38-41,54H,26-31H2,1-7H3,(H,49,55)(H,50,56)(H,58,59)/t36-,38+,39+,40-,41-/m1/s1. The van der Waals surface area contributed by atoms with E-state index in [2.05, 4.69) is 15.6 Å². The van der Waals surface area contributed by atoms with Gasteiger partial charge >= 0.3 is 12.1 Å². The monoisotopic (exact) mass is 804 g/mol. The first-order chi connectivity index (χ1) is 27.9. The Labute approximate surface area is 348 Å². The summed E-state index contributed by atoms with van der Waals surface area (Å²) in [6.07, 6.45) is -0.0343. The fraction of sp³-hybridized carbons (Fsp3) is 0.426. The Morgan fingerprint density at radius 1 is 0.746 bits per heavy atom. The molecule has 2 heterocycles. The third-order valence-corrected chi connectivity index (χ3v) is 10.8. The lowest BCUT2D eigenvalue weighted by molar-refractivity contribution is -0.131. The fourth-order valence-electron chi connectivity index (χ4n) is 8.03. The molecule has 1 saturated heterocycles. The van der Waals surface area contributed by atoms with Gasteiger partial charge in [0.25, 0.3) is 0 Å². The predicted molar refractivity (Wildman–Crippen MR) is 229 cm³/mol. The maximum absolute atomic E-state index is 14.6. The van der Waals surface area contributed by atoms with E-state index in [1.165, 1.54) is 7.05 Å². The minimum absolute atomic E-state index is 0.0346. The number of aliphatic hydroxyl groups excluding tert-OH is 1. The average Bonchev–Trinajstić information content (AvgIpc) is 3.52. The average molecular weight is 805 g/mol. The van der Waals surface area contributed by atoms with Crippen LogP contribution in [0, 0.1) is 10.8 Å². The summed E-state index contributed by atoms with van der Waals surface area (Å²) in [6, 6.07) is 29.2. The van der Waals surface area contributed by atoms with Crippen molar-refractivity contribution in [2.75, 3.05) is 20.1 Å². The highest BCUT2D eigenvalue weighted by Crippen LogP contribution is 2.30. The second kappa shape index (κ2) is 19.3. The van der Waals surface area contributed by atoms with Gasteiger partial charge in [-0.1, -0.05) is 133 Å².